The largest absolute Gasteiger partial charge is 0.324 e. The van der Waals surface area contributed by atoms with E-state index in [1.807, 2.05) is 0 Å². The van der Waals surface area contributed by atoms with Gasteiger partial charge in [0, 0.05) is 33.0 Å². The highest BCUT2D eigenvalue weighted by molar-refractivity contribution is 7.16. The molecular weight excluding hydrogens is 417 g/mol. The maximum Gasteiger partial charge on any atom is 0.324 e. The average molecular weight is 426 g/mol. The Hall–Kier alpha value is -2.26. The number of thiazole rings is 1. The molecule has 1 N–H and O–H groups in total. The first-order chi connectivity index (χ1) is 12.4. The Morgan fingerprint density at radius 2 is 2.08 bits per heavy atom. The summed E-state index contributed by atoms with van der Waals surface area (Å²) in [7, 11) is 0. The molecule has 3 rings (SSSR count). The standard InChI is InChI=1S/C16H9Cl2N3O3S2/c17-9-1-4-11(12(18)7-9)13-8-25-16(19-13)20-14(22)5-2-10-3-6-15(26-10)21(23)24/h1-8H,(H,19,20,22). The van der Waals surface area contributed by atoms with Crippen LogP contribution in [0.1, 0.15) is 4.88 Å². The molecule has 10 heteroatoms. The Balaban J connectivity index is 1.67. The summed E-state index contributed by atoms with van der Waals surface area (Å²) < 4.78 is 0. The van der Waals surface area contributed by atoms with Crippen LogP contribution in [0.15, 0.2) is 41.8 Å². The minimum absolute atomic E-state index is 0.0227. The second-order valence-electron chi connectivity index (χ2n) is 4.92. The van der Waals surface area contributed by atoms with Gasteiger partial charge in [0.15, 0.2) is 5.13 Å². The van der Waals surface area contributed by atoms with E-state index in [4.69, 9.17) is 23.2 Å². The summed E-state index contributed by atoms with van der Waals surface area (Å²) in [6, 6.07) is 8.07. The van der Waals surface area contributed by atoms with Crippen LogP contribution in [0.4, 0.5) is 10.1 Å². The van der Waals surface area contributed by atoms with E-state index in [0.717, 1.165) is 11.3 Å². The Morgan fingerprint density at radius 1 is 1.27 bits per heavy atom. The van der Waals surface area contributed by atoms with Gasteiger partial charge >= 0.3 is 5.00 Å². The smallest absolute Gasteiger partial charge is 0.298 e. The van der Waals surface area contributed by atoms with Crippen LogP contribution in [0.2, 0.25) is 10.0 Å². The average Bonchev–Trinajstić information content (AvgIpc) is 3.22. The zero-order chi connectivity index (χ0) is 18.7. The third kappa shape index (κ3) is 4.47. The van der Waals surface area contributed by atoms with E-state index in [1.54, 1.807) is 29.6 Å². The number of rotatable bonds is 5. The quantitative estimate of drug-likeness (QED) is 0.320. The monoisotopic (exact) mass is 425 g/mol. The van der Waals surface area contributed by atoms with Crippen LogP contribution in [-0.2, 0) is 4.79 Å². The number of benzene rings is 1. The maximum atomic E-state index is 12.0. The van der Waals surface area contributed by atoms with Crippen molar-refractivity contribution in [2.75, 3.05) is 5.32 Å². The Morgan fingerprint density at radius 3 is 2.77 bits per heavy atom. The lowest BCUT2D eigenvalue weighted by atomic mass is 10.2. The van der Waals surface area contributed by atoms with Crippen molar-refractivity contribution < 1.29 is 9.72 Å². The predicted molar refractivity (Wildman–Crippen MR) is 106 cm³/mol. The third-order valence-corrected chi connectivity index (χ3v) is 5.44. The first kappa shape index (κ1) is 18.5. The van der Waals surface area contributed by atoms with Crippen LogP contribution in [0, 0.1) is 10.1 Å². The Labute approximate surface area is 165 Å². The molecular formula is C16H9Cl2N3O3S2. The van der Waals surface area contributed by atoms with Crippen molar-refractivity contribution in [3.63, 3.8) is 0 Å². The second kappa shape index (κ2) is 7.96. The highest BCUT2D eigenvalue weighted by Crippen LogP contribution is 2.32. The topological polar surface area (TPSA) is 85.1 Å². The molecule has 1 aromatic carbocycles. The van der Waals surface area contributed by atoms with Crippen molar-refractivity contribution in [2.24, 2.45) is 0 Å². The van der Waals surface area contributed by atoms with Gasteiger partial charge in [-0.1, -0.05) is 34.5 Å². The number of carbonyl (C=O) groups is 1. The summed E-state index contributed by atoms with van der Waals surface area (Å²) in [5.41, 5.74) is 1.35. The predicted octanol–water partition coefficient (Wildman–Crippen LogP) is 5.74. The second-order valence-corrected chi connectivity index (χ2v) is 7.71. The normalized spacial score (nSPS) is 11.0. The lowest BCUT2D eigenvalue weighted by Gasteiger charge is -2.01. The van der Waals surface area contributed by atoms with Gasteiger partial charge in [-0.15, -0.1) is 11.3 Å². The fourth-order valence-electron chi connectivity index (χ4n) is 1.99. The first-order valence-corrected chi connectivity index (χ1v) is 9.52. The molecule has 0 aliphatic heterocycles. The highest BCUT2D eigenvalue weighted by atomic mass is 35.5. The van der Waals surface area contributed by atoms with Gasteiger partial charge < -0.3 is 0 Å². The van der Waals surface area contributed by atoms with E-state index in [0.29, 0.717) is 31.3 Å². The van der Waals surface area contributed by atoms with Crippen molar-refractivity contribution in [3.05, 3.63) is 66.8 Å². The molecule has 26 heavy (non-hydrogen) atoms. The van der Waals surface area contributed by atoms with E-state index < -0.39 is 4.92 Å². The Bertz CT molecular complexity index is 1010. The number of amides is 1. The molecule has 0 bridgehead atoms. The van der Waals surface area contributed by atoms with E-state index in [1.165, 1.54) is 29.6 Å². The number of halogens is 2. The molecule has 2 aromatic heterocycles. The minimum atomic E-state index is -0.471. The number of anilines is 1. The molecule has 0 unspecified atom stereocenters. The molecule has 132 valence electrons. The van der Waals surface area contributed by atoms with Crippen molar-refractivity contribution in [2.45, 2.75) is 0 Å². The summed E-state index contributed by atoms with van der Waals surface area (Å²) >= 11 is 14.3. The number of hydrogen-bond acceptors (Lipinski definition) is 6. The van der Waals surface area contributed by atoms with E-state index in [-0.39, 0.29) is 10.9 Å². The summed E-state index contributed by atoms with van der Waals surface area (Å²) in [6.45, 7) is 0. The molecule has 2 heterocycles. The molecule has 0 spiro atoms. The van der Waals surface area contributed by atoms with Gasteiger partial charge in [0.05, 0.1) is 15.6 Å². The SMILES string of the molecule is O=C(C=Cc1ccc([N+](=O)[O-])s1)Nc1nc(-c2ccc(Cl)cc2Cl)cs1. The van der Waals surface area contributed by atoms with Crippen LogP contribution in [0.25, 0.3) is 17.3 Å². The Kier molecular flexibility index (Phi) is 5.67. The number of carbonyl (C=O) groups excluding carboxylic acids is 1. The lowest BCUT2D eigenvalue weighted by molar-refractivity contribution is -0.380. The molecule has 0 aliphatic carbocycles. The molecule has 0 saturated carbocycles. The van der Waals surface area contributed by atoms with Crippen molar-refractivity contribution in [3.8, 4) is 11.3 Å². The van der Waals surface area contributed by atoms with Crippen LogP contribution in [0.3, 0.4) is 0 Å². The number of hydrogen-bond donors (Lipinski definition) is 1. The molecule has 6 nitrogen and oxygen atoms in total. The number of thiophene rings is 1. The molecule has 0 aliphatic rings. The van der Waals surface area contributed by atoms with Gasteiger partial charge in [-0.25, -0.2) is 4.98 Å². The zero-order valence-electron chi connectivity index (χ0n) is 12.8. The van der Waals surface area contributed by atoms with Gasteiger partial charge in [-0.05, 0) is 30.3 Å². The first-order valence-electron chi connectivity index (χ1n) is 7.06. The van der Waals surface area contributed by atoms with Gasteiger partial charge in [-0.2, -0.15) is 0 Å². The van der Waals surface area contributed by atoms with Gasteiger partial charge in [0.25, 0.3) is 0 Å². The summed E-state index contributed by atoms with van der Waals surface area (Å²) in [5.74, 6) is -0.385. The molecule has 1 amide bonds. The number of nitrogens with one attached hydrogen (secondary N) is 1. The van der Waals surface area contributed by atoms with E-state index >= 15 is 0 Å². The highest BCUT2D eigenvalue weighted by Gasteiger charge is 2.11. The van der Waals surface area contributed by atoms with E-state index in [9.17, 15) is 14.9 Å². The van der Waals surface area contributed by atoms with E-state index in [2.05, 4.69) is 10.3 Å². The van der Waals surface area contributed by atoms with Crippen LogP contribution in [0.5, 0.6) is 0 Å². The van der Waals surface area contributed by atoms with Crippen LogP contribution in [-0.4, -0.2) is 15.8 Å². The van der Waals surface area contributed by atoms with Crippen molar-refractivity contribution in [1.29, 1.82) is 0 Å². The van der Waals surface area contributed by atoms with Crippen LogP contribution >= 0.6 is 45.9 Å². The van der Waals surface area contributed by atoms with Gasteiger partial charge in [0.1, 0.15) is 0 Å². The van der Waals surface area contributed by atoms with Gasteiger partial charge in [-0.3, -0.25) is 20.2 Å². The molecule has 0 fully saturated rings. The minimum Gasteiger partial charge on any atom is -0.298 e. The summed E-state index contributed by atoms with van der Waals surface area (Å²) in [6.07, 6.45) is 2.81. The molecule has 3 aromatic rings. The number of nitrogens with zero attached hydrogens (tertiary/aromatic N) is 2. The number of aromatic nitrogens is 1. The van der Waals surface area contributed by atoms with Crippen LogP contribution < -0.4 is 5.32 Å². The molecule has 0 radical (unpaired) electrons. The molecule has 0 saturated heterocycles. The number of nitro groups is 1. The van der Waals surface area contributed by atoms with Crippen molar-refractivity contribution in [1.82, 2.24) is 4.98 Å². The summed E-state index contributed by atoms with van der Waals surface area (Å²) in [4.78, 5) is 27.1. The van der Waals surface area contributed by atoms with Crippen molar-refractivity contribution >= 4 is 68.0 Å². The fourth-order valence-corrected chi connectivity index (χ4v) is 3.93. The molecule has 0 atom stereocenters. The lowest BCUT2D eigenvalue weighted by Crippen LogP contribution is -2.07. The zero-order valence-corrected chi connectivity index (χ0v) is 16.0. The summed E-state index contributed by atoms with van der Waals surface area (Å²) in [5, 5.41) is 16.5. The van der Waals surface area contributed by atoms with Gasteiger partial charge in [0.2, 0.25) is 5.91 Å². The fraction of sp³-hybridized carbons (Fsp3) is 0. The maximum absolute atomic E-state index is 12.0. The third-order valence-electron chi connectivity index (χ3n) is 3.13.